The van der Waals surface area contributed by atoms with Gasteiger partial charge in [-0.25, -0.2) is 9.59 Å². The maximum absolute atomic E-state index is 11.4. The molecule has 1 amide bonds. The maximum Gasteiger partial charge on any atom is 0.407 e. The Morgan fingerprint density at radius 3 is 1.83 bits per heavy atom. The Labute approximate surface area is 143 Å². The van der Waals surface area contributed by atoms with Crippen LogP contribution >= 0.6 is 0 Å². The van der Waals surface area contributed by atoms with Crippen molar-refractivity contribution in [2.75, 3.05) is 6.61 Å². The topological polar surface area (TPSA) is 113 Å². The van der Waals surface area contributed by atoms with Crippen molar-refractivity contribution >= 4 is 18.0 Å². The highest BCUT2D eigenvalue weighted by Crippen LogP contribution is 2.10. The van der Waals surface area contributed by atoms with E-state index in [-0.39, 0.29) is 6.61 Å². The van der Waals surface area contributed by atoms with Gasteiger partial charge in [0.15, 0.2) is 0 Å². The predicted octanol–water partition coefficient (Wildman–Crippen LogP) is 3.56. The number of hydrogen-bond acceptors (Lipinski definition) is 4. The molecule has 3 N–H and O–H groups in total. The van der Waals surface area contributed by atoms with E-state index in [9.17, 15) is 14.4 Å². The smallest absolute Gasteiger partial charge is 0.407 e. The molecule has 0 bridgehead atoms. The number of hydrogen-bond donors (Lipinski definition) is 3. The molecule has 7 heteroatoms. The zero-order chi connectivity index (χ0) is 18.2. The molecule has 1 atom stereocenters. The molecule has 0 radical (unpaired) electrons. The minimum Gasteiger partial charge on any atom is -0.481 e. The van der Waals surface area contributed by atoms with Crippen LogP contribution in [0.5, 0.6) is 0 Å². The van der Waals surface area contributed by atoms with Crippen LogP contribution in [-0.4, -0.2) is 40.9 Å². The largest absolute Gasteiger partial charge is 0.481 e. The number of alkyl carbamates (subject to hydrolysis) is 1. The second kappa shape index (κ2) is 14.8. The molecule has 140 valence electrons. The van der Waals surface area contributed by atoms with Crippen LogP contribution < -0.4 is 5.32 Å². The number of carbonyl (C=O) groups excluding carboxylic acids is 1. The van der Waals surface area contributed by atoms with E-state index in [2.05, 4.69) is 6.92 Å². The van der Waals surface area contributed by atoms with Gasteiger partial charge >= 0.3 is 18.0 Å². The van der Waals surface area contributed by atoms with Gasteiger partial charge in [0.25, 0.3) is 0 Å². The summed E-state index contributed by atoms with van der Waals surface area (Å²) in [6, 6.07) is -1.47. The first-order valence-corrected chi connectivity index (χ1v) is 8.85. The Kier molecular flexibility index (Phi) is 13.7. The lowest BCUT2D eigenvalue weighted by atomic mass is 10.1. The number of carbonyl (C=O) groups is 3. The van der Waals surface area contributed by atoms with Crippen molar-refractivity contribution in [3.05, 3.63) is 0 Å². The van der Waals surface area contributed by atoms with Crippen molar-refractivity contribution in [2.24, 2.45) is 0 Å². The number of nitrogens with one attached hydrogen (secondary N) is 1. The van der Waals surface area contributed by atoms with Crippen molar-refractivity contribution in [2.45, 2.75) is 83.6 Å². The van der Waals surface area contributed by atoms with Crippen molar-refractivity contribution in [1.82, 2.24) is 5.32 Å². The zero-order valence-electron chi connectivity index (χ0n) is 14.6. The standard InChI is InChI=1S/C17H31NO6/c1-2-3-4-5-6-7-8-9-10-11-12-24-17(23)18-14(16(21)22)13-15(19)20/h14H,2-13H2,1H3,(H,18,23)(H,19,20)(H,21,22). The van der Waals surface area contributed by atoms with Gasteiger partial charge in [0.1, 0.15) is 6.04 Å². The third-order valence-corrected chi connectivity index (χ3v) is 3.70. The average molecular weight is 345 g/mol. The Morgan fingerprint density at radius 1 is 0.875 bits per heavy atom. The van der Waals surface area contributed by atoms with Crippen molar-refractivity contribution in [3.8, 4) is 0 Å². The first-order chi connectivity index (χ1) is 11.5. The Morgan fingerprint density at radius 2 is 1.38 bits per heavy atom. The summed E-state index contributed by atoms with van der Waals surface area (Å²) in [6.07, 6.45) is 10.1. The van der Waals surface area contributed by atoms with Gasteiger partial charge in [0.05, 0.1) is 13.0 Å². The van der Waals surface area contributed by atoms with Crippen LogP contribution in [0.3, 0.4) is 0 Å². The SMILES string of the molecule is CCCCCCCCCCCCOC(=O)NC(CC(=O)O)C(=O)O. The average Bonchev–Trinajstić information content (AvgIpc) is 2.51. The minimum absolute atomic E-state index is 0.210. The number of unbranched alkanes of at least 4 members (excludes halogenated alkanes) is 9. The predicted molar refractivity (Wildman–Crippen MR) is 90.0 cm³/mol. The molecular weight excluding hydrogens is 314 g/mol. The number of amides is 1. The third-order valence-electron chi connectivity index (χ3n) is 3.70. The first kappa shape index (κ1) is 22.2. The van der Waals surface area contributed by atoms with Gasteiger partial charge in [-0.1, -0.05) is 64.7 Å². The lowest BCUT2D eigenvalue weighted by molar-refractivity contribution is -0.145. The number of carboxylic acids is 2. The fourth-order valence-corrected chi connectivity index (χ4v) is 2.31. The number of ether oxygens (including phenoxy) is 1. The van der Waals surface area contributed by atoms with Crippen LogP contribution in [0.4, 0.5) is 4.79 Å². The fourth-order valence-electron chi connectivity index (χ4n) is 2.31. The van der Waals surface area contributed by atoms with Crippen LogP contribution in [0.25, 0.3) is 0 Å². The summed E-state index contributed by atoms with van der Waals surface area (Å²) in [5.74, 6) is -2.69. The molecule has 0 rings (SSSR count). The Hall–Kier alpha value is -1.79. The number of rotatable bonds is 15. The minimum atomic E-state index is -1.47. The van der Waals surface area contributed by atoms with Gasteiger partial charge in [-0.15, -0.1) is 0 Å². The second-order valence-corrected chi connectivity index (χ2v) is 5.95. The van der Waals surface area contributed by atoms with E-state index in [1.54, 1.807) is 0 Å². The molecule has 0 saturated heterocycles. The zero-order valence-corrected chi connectivity index (χ0v) is 14.6. The molecule has 1 unspecified atom stereocenters. The first-order valence-electron chi connectivity index (χ1n) is 8.85. The summed E-state index contributed by atoms with van der Waals surface area (Å²) >= 11 is 0. The van der Waals surface area contributed by atoms with Gasteiger partial charge in [0, 0.05) is 0 Å². The summed E-state index contributed by atoms with van der Waals surface area (Å²) < 4.78 is 4.87. The lowest BCUT2D eigenvalue weighted by Crippen LogP contribution is -2.42. The van der Waals surface area contributed by atoms with Crippen molar-refractivity contribution < 1.29 is 29.3 Å². The molecular formula is C17H31NO6. The molecule has 0 heterocycles. The highest BCUT2D eigenvalue weighted by molar-refractivity contribution is 5.84. The summed E-state index contributed by atoms with van der Waals surface area (Å²) in [5.41, 5.74) is 0. The van der Waals surface area contributed by atoms with Crippen LogP contribution in [0.1, 0.15) is 77.6 Å². The van der Waals surface area contributed by atoms with Gasteiger partial charge in [0.2, 0.25) is 0 Å². The van der Waals surface area contributed by atoms with E-state index >= 15 is 0 Å². The van der Waals surface area contributed by atoms with Crippen LogP contribution in [0.15, 0.2) is 0 Å². The number of carboxylic acid groups (broad SMARTS) is 2. The molecule has 0 aliphatic heterocycles. The maximum atomic E-state index is 11.4. The summed E-state index contributed by atoms with van der Waals surface area (Å²) in [4.78, 5) is 32.7. The summed E-state index contributed by atoms with van der Waals surface area (Å²) in [5, 5.41) is 19.4. The number of aliphatic carboxylic acids is 2. The van der Waals surface area contributed by atoms with Gasteiger partial charge in [-0.05, 0) is 6.42 Å². The van der Waals surface area contributed by atoms with E-state index in [0.29, 0.717) is 0 Å². The van der Waals surface area contributed by atoms with Crippen molar-refractivity contribution in [3.63, 3.8) is 0 Å². The van der Waals surface area contributed by atoms with E-state index in [1.807, 2.05) is 5.32 Å². The van der Waals surface area contributed by atoms with Crippen LogP contribution in [0.2, 0.25) is 0 Å². The molecule has 0 fully saturated rings. The monoisotopic (exact) mass is 345 g/mol. The van der Waals surface area contributed by atoms with Crippen molar-refractivity contribution in [1.29, 1.82) is 0 Å². The molecule has 0 aromatic heterocycles. The van der Waals surface area contributed by atoms with E-state index in [1.165, 1.54) is 44.9 Å². The van der Waals surface area contributed by atoms with Crippen LogP contribution in [-0.2, 0) is 14.3 Å². The van der Waals surface area contributed by atoms with E-state index in [4.69, 9.17) is 14.9 Å². The molecule has 0 saturated carbocycles. The summed E-state index contributed by atoms with van der Waals surface area (Å²) in [7, 11) is 0. The molecule has 0 aliphatic carbocycles. The molecule has 24 heavy (non-hydrogen) atoms. The van der Waals surface area contributed by atoms with E-state index in [0.717, 1.165) is 19.3 Å². The molecule has 7 nitrogen and oxygen atoms in total. The summed E-state index contributed by atoms with van der Waals surface area (Å²) in [6.45, 7) is 2.41. The molecule has 0 spiro atoms. The highest BCUT2D eigenvalue weighted by Gasteiger charge is 2.23. The van der Waals surface area contributed by atoms with Gasteiger partial charge < -0.3 is 20.3 Å². The quantitative estimate of drug-likeness (QED) is 0.391. The third kappa shape index (κ3) is 13.8. The fraction of sp³-hybridized carbons (Fsp3) is 0.824. The van der Waals surface area contributed by atoms with Gasteiger partial charge in [-0.3, -0.25) is 4.79 Å². The van der Waals surface area contributed by atoms with E-state index < -0.39 is 30.5 Å². The molecule has 0 aromatic carbocycles. The second-order valence-electron chi connectivity index (χ2n) is 5.95. The normalized spacial score (nSPS) is 11.7. The lowest BCUT2D eigenvalue weighted by Gasteiger charge is -2.12. The van der Waals surface area contributed by atoms with Crippen LogP contribution in [0, 0.1) is 0 Å². The Bertz CT molecular complexity index is 372. The molecule has 0 aromatic rings. The molecule has 0 aliphatic rings. The van der Waals surface area contributed by atoms with Gasteiger partial charge in [-0.2, -0.15) is 0 Å². The highest BCUT2D eigenvalue weighted by atomic mass is 16.5. The Balaban J connectivity index is 3.54.